The lowest BCUT2D eigenvalue weighted by atomic mass is 9.87. The number of hydrogen-bond acceptors (Lipinski definition) is 6. The zero-order valence-electron chi connectivity index (χ0n) is 15.5. The fourth-order valence-electron chi connectivity index (χ4n) is 3.73. The van der Waals surface area contributed by atoms with Crippen LogP contribution in [0.1, 0.15) is 40.7 Å². The van der Waals surface area contributed by atoms with Crippen LogP contribution in [0.3, 0.4) is 0 Å². The molecule has 140 valence electrons. The first-order valence-corrected chi connectivity index (χ1v) is 10.0. The molecular formula is C21H22N2O3S. The normalized spacial score (nSPS) is 13.4. The van der Waals surface area contributed by atoms with E-state index < -0.39 is 0 Å². The summed E-state index contributed by atoms with van der Waals surface area (Å²) < 4.78 is 10.5. The number of esters is 1. The van der Waals surface area contributed by atoms with Crippen molar-refractivity contribution >= 4 is 33.2 Å². The van der Waals surface area contributed by atoms with Gasteiger partial charge in [-0.3, -0.25) is 0 Å². The van der Waals surface area contributed by atoms with E-state index in [0.717, 1.165) is 58.5 Å². The fourth-order valence-corrected chi connectivity index (χ4v) is 4.75. The zero-order chi connectivity index (χ0) is 19.0. The number of benzene rings is 1. The molecule has 2 heterocycles. The second-order valence-electron chi connectivity index (χ2n) is 6.59. The van der Waals surface area contributed by atoms with Gasteiger partial charge in [0, 0.05) is 11.1 Å². The van der Waals surface area contributed by atoms with E-state index in [2.05, 4.69) is 0 Å². The van der Waals surface area contributed by atoms with E-state index in [1.54, 1.807) is 14.0 Å². The number of nitrogens with two attached hydrogens (primary N) is 1. The number of rotatable bonds is 4. The van der Waals surface area contributed by atoms with E-state index in [9.17, 15) is 4.79 Å². The van der Waals surface area contributed by atoms with Crippen molar-refractivity contribution in [3.63, 3.8) is 0 Å². The van der Waals surface area contributed by atoms with E-state index in [0.29, 0.717) is 17.2 Å². The largest absolute Gasteiger partial charge is 0.497 e. The Hall–Kier alpha value is -2.60. The average molecular weight is 382 g/mol. The molecule has 0 spiro atoms. The molecule has 2 aromatic heterocycles. The number of hydrogen-bond donors (Lipinski definition) is 1. The monoisotopic (exact) mass is 382 g/mol. The number of nitrogens with zero attached hydrogens (tertiary/aromatic N) is 1. The number of thiophene rings is 1. The summed E-state index contributed by atoms with van der Waals surface area (Å²) in [4.78, 5) is 18.5. The highest BCUT2D eigenvalue weighted by Crippen LogP contribution is 2.44. The number of nitrogen functional groups attached to an aromatic ring is 1. The molecule has 0 atom stereocenters. The van der Waals surface area contributed by atoms with Crippen LogP contribution in [-0.2, 0) is 17.6 Å². The third-order valence-electron chi connectivity index (χ3n) is 4.99. The van der Waals surface area contributed by atoms with Gasteiger partial charge < -0.3 is 15.2 Å². The third-order valence-corrected chi connectivity index (χ3v) is 6.07. The summed E-state index contributed by atoms with van der Waals surface area (Å²) in [5, 5.41) is 0.869. The lowest BCUT2D eigenvalue weighted by Crippen LogP contribution is -2.08. The Kier molecular flexibility index (Phi) is 4.74. The highest BCUT2D eigenvalue weighted by atomic mass is 32.1. The molecule has 0 bridgehead atoms. The molecule has 1 aliphatic rings. The molecule has 27 heavy (non-hydrogen) atoms. The number of pyridine rings is 1. The maximum absolute atomic E-state index is 12.4. The van der Waals surface area contributed by atoms with E-state index in [4.69, 9.17) is 20.2 Å². The number of carbonyl (C=O) groups excluding carboxylic acids is 1. The minimum absolute atomic E-state index is 0.321. The van der Waals surface area contributed by atoms with Crippen molar-refractivity contribution in [2.75, 3.05) is 19.5 Å². The summed E-state index contributed by atoms with van der Waals surface area (Å²) in [7, 11) is 1.66. The van der Waals surface area contributed by atoms with Crippen LogP contribution in [0.15, 0.2) is 24.3 Å². The quantitative estimate of drug-likeness (QED) is 0.667. The maximum Gasteiger partial charge on any atom is 0.350 e. The standard InChI is InChI=1S/C21H22N2O3S/c1-3-26-21(24)19-18(22)17-16(12-8-10-13(25-2)11-9-12)14-6-4-5-7-15(14)23-20(17)27-19/h8-11H,3-7,22H2,1-2H3. The first-order chi connectivity index (χ1) is 13.1. The van der Waals surface area contributed by atoms with Gasteiger partial charge in [0.2, 0.25) is 0 Å². The number of aromatic nitrogens is 1. The molecular weight excluding hydrogens is 360 g/mol. The number of aryl methyl sites for hydroxylation is 1. The lowest BCUT2D eigenvalue weighted by Gasteiger charge is -2.20. The van der Waals surface area contributed by atoms with Crippen LogP contribution in [-0.4, -0.2) is 24.7 Å². The van der Waals surface area contributed by atoms with Crippen molar-refractivity contribution in [2.24, 2.45) is 0 Å². The van der Waals surface area contributed by atoms with Gasteiger partial charge in [0.25, 0.3) is 0 Å². The summed E-state index contributed by atoms with van der Waals surface area (Å²) in [5.41, 5.74) is 11.5. The Morgan fingerprint density at radius 1 is 1.22 bits per heavy atom. The summed E-state index contributed by atoms with van der Waals surface area (Å²) in [6.45, 7) is 2.11. The van der Waals surface area contributed by atoms with Crippen LogP contribution in [0.2, 0.25) is 0 Å². The average Bonchev–Trinajstić information content (AvgIpc) is 3.03. The van der Waals surface area contributed by atoms with Crippen molar-refractivity contribution in [3.8, 4) is 16.9 Å². The zero-order valence-corrected chi connectivity index (χ0v) is 16.3. The van der Waals surface area contributed by atoms with Crippen LogP contribution >= 0.6 is 11.3 Å². The topological polar surface area (TPSA) is 74.4 Å². The first-order valence-electron chi connectivity index (χ1n) is 9.19. The molecule has 1 aromatic carbocycles. The summed E-state index contributed by atoms with van der Waals surface area (Å²) in [5.74, 6) is 0.431. The fraction of sp³-hybridized carbons (Fsp3) is 0.333. The molecule has 0 unspecified atom stereocenters. The molecule has 1 aliphatic carbocycles. The molecule has 0 aliphatic heterocycles. The smallest absolute Gasteiger partial charge is 0.350 e. The van der Waals surface area contributed by atoms with Gasteiger partial charge in [0.15, 0.2) is 0 Å². The Bertz CT molecular complexity index is 1010. The molecule has 2 N–H and O–H groups in total. The SMILES string of the molecule is CCOC(=O)c1sc2nc3c(c(-c4ccc(OC)cc4)c2c1N)CCCC3. The van der Waals surface area contributed by atoms with Gasteiger partial charge >= 0.3 is 5.97 Å². The van der Waals surface area contributed by atoms with Crippen molar-refractivity contribution in [1.82, 2.24) is 4.98 Å². The molecule has 5 nitrogen and oxygen atoms in total. The highest BCUT2D eigenvalue weighted by molar-refractivity contribution is 7.21. The Balaban J connectivity index is 1.99. The van der Waals surface area contributed by atoms with Crippen molar-refractivity contribution in [1.29, 1.82) is 0 Å². The lowest BCUT2D eigenvalue weighted by molar-refractivity contribution is 0.0533. The molecule has 3 aromatic rings. The molecule has 0 saturated heterocycles. The van der Waals surface area contributed by atoms with E-state index >= 15 is 0 Å². The van der Waals surface area contributed by atoms with E-state index in [1.165, 1.54) is 16.9 Å². The maximum atomic E-state index is 12.4. The van der Waals surface area contributed by atoms with Crippen LogP contribution < -0.4 is 10.5 Å². The van der Waals surface area contributed by atoms with Gasteiger partial charge in [-0.25, -0.2) is 9.78 Å². The summed E-state index contributed by atoms with van der Waals surface area (Å²) >= 11 is 1.33. The predicted molar refractivity (Wildman–Crippen MR) is 109 cm³/mol. The van der Waals surface area contributed by atoms with Crippen molar-refractivity contribution in [2.45, 2.75) is 32.6 Å². The highest BCUT2D eigenvalue weighted by Gasteiger charge is 2.26. The minimum atomic E-state index is -0.378. The molecule has 0 fully saturated rings. The van der Waals surface area contributed by atoms with Crippen molar-refractivity contribution < 1.29 is 14.3 Å². The Morgan fingerprint density at radius 2 is 1.96 bits per heavy atom. The van der Waals surface area contributed by atoms with Crippen LogP contribution in [0.4, 0.5) is 5.69 Å². The Morgan fingerprint density at radius 3 is 2.67 bits per heavy atom. The van der Waals surface area contributed by atoms with Gasteiger partial charge in [0.05, 0.1) is 19.4 Å². The molecule has 4 rings (SSSR count). The van der Waals surface area contributed by atoms with E-state index in [-0.39, 0.29) is 5.97 Å². The predicted octanol–water partition coefficient (Wildman–Crippen LogP) is 4.61. The van der Waals surface area contributed by atoms with Gasteiger partial charge in [-0.15, -0.1) is 11.3 Å². The number of anilines is 1. The second-order valence-corrected chi connectivity index (χ2v) is 7.59. The first kappa shape index (κ1) is 17.8. The molecule has 0 saturated carbocycles. The summed E-state index contributed by atoms with van der Waals surface area (Å²) in [6.07, 6.45) is 4.21. The minimum Gasteiger partial charge on any atom is -0.497 e. The number of ether oxygens (including phenoxy) is 2. The van der Waals surface area contributed by atoms with Gasteiger partial charge in [0.1, 0.15) is 15.5 Å². The van der Waals surface area contributed by atoms with Crippen molar-refractivity contribution in [3.05, 3.63) is 40.4 Å². The number of methoxy groups -OCH3 is 1. The third kappa shape index (κ3) is 3.04. The second kappa shape index (κ2) is 7.19. The van der Waals surface area contributed by atoms with Crippen LogP contribution in [0, 0.1) is 0 Å². The van der Waals surface area contributed by atoms with Gasteiger partial charge in [-0.2, -0.15) is 0 Å². The number of fused-ring (bicyclic) bond motifs is 2. The molecule has 0 amide bonds. The number of carbonyl (C=O) groups is 1. The van der Waals surface area contributed by atoms with Crippen LogP contribution in [0.25, 0.3) is 21.3 Å². The van der Waals surface area contributed by atoms with Gasteiger partial charge in [-0.1, -0.05) is 12.1 Å². The van der Waals surface area contributed by atoms with E-state index in [1.807, 2.05) is 24.3 Å². The molecule has 0 radical (unpaired) electrons. The van der Waals surface area contributed by atoms with Crippen LogP contribution in [0.5, 0.6) is 5.75 Å². The molecule has 6 heteroatoms. The Labute approximate surface area is 162 Å². The van der Waals surface area contributed by atoms with Gasteiger partial charge in [-0.05, 0) is 61.4 Å². The summed E-state index contributed by atoms with van der Waals surface area (Å²) in [6, 6.07) is 7.99.